The van der Waals surface area contributed by atoms with Crippen LogP contribution in [0.15, 0.2) is 48.5 Å². The number of likely N-dealkylation sites (N-methyl/N-ethyl adjacent to an activating group) is 1. The molecule has 5 nitrogen and oxygen atoms in total. The van der Waals surface area contributed by atoms with Crippen LogP contribution in [0.1, 0.15) is 20.3 Å². The Balaban J connectivity index is 1.68. The average molecular weight is 378 g/mol. The molecule has 2 aromatic carbocycles. The highest BCUT2D eigenvalue weighted by atomic mass is 16.5. The summed E-state index contributed by atoms with van der Waals surface area (Å²) in [5.41, 5.74) is 2.02. The molecule has 0 aliphatic carbocycles. The van der Waals surface area contributed by atoms with E-state index < -0.39 is 0 Å². The Morgan fingerprint density at radius 3 is 2.43 bits per heavy atom. The van der Waals surface area contributed by atoms with Gasteiger partial charge in [0.05, 0.1) is 44.8 Å². The molecule has 1 N–H and O–H groups in total. The Labute approximate surface area is 167 Å². The van der Waals surface area contributed by atoms with E-state index in [2.05, 4.69) is 49.1 Å². The van der Waals surface area contributed by atoms with Gasteiger partial charge in [-0.25, -0.2) is 9.97 Å². The van der Waals surface area contributed by atoms with Crippen LogP contribution >= 0.6 is 0 Å². The summed E-state index contributed by atoms with van der Waals surface area (Å²) in [5.74, 6) is 2.73. The molecule has 4 rings (SSSR count). The fourth-order valence-corrected chi connectivity index (χ4v) is 3.74. The van der Waals surface area contributed by atoms with E-state index in [1.807, 2.05) is 18.2 Å². The molecule has 1 saturated heterocycles. The first-order chi connectivity index (χ1) is 13.8. The first kappa shape index (κ1) is 18.7. The molecule has 0 spiro atoms. The summed E-state index contributed by atoms with van der Waals surface area (Å²) in [6, 6.07) is 16.5. The molecule has 5 heteroatoms. The highest BCUT2D eigenvalue weighted by Gasteiger charge is 2.22. The zero-order chi connectivity index (χ0) is 19.3. The highest BCUT2D eigenvalue weighted by Crippen LogP contribution is 2.28. The minimum absolute atomic E-state index is 0.738. The Hall–Kier alpha value is -2.66. The quantitative estimate of drug-likeness (QED) is 0.717. The summed E-state index contributed by atoms with van der Waals surface area (Å²) < 4.78 is 5.70. The number of hydrogen-bond donors (Lipinski definition) is 1. The average Bonchev–Trinajstić information content (AvgIpc) is 2.77. The molecule has 0 saturated carbocycles. The Morgan fingerprint density at radius 1 is 0.964 bits per heavy atom. The third kappa shape index (κ3) is 3.94. The van der Waals surface area contributed by atoms with Gasteiger partial charge in [-0.1, -0.05) is 19.1 Å². The molecule has 1 fully saturated rings. The molecule has 1 aromatic heterocycles. The number of para-hydroxylation sites is 1. The van der Waals surface area contributed by atoms with Crippen LogP contribution in [0.3, 0.4) is 0 Å². The van der Waals surface area contributed by atoms with Crippen molar-refractivity contribution in [1.29, 1.82) is 0 Å². The van der Waals surface area contributed by atoms with Gasteiger partial charge < -0.3 is 14.5 Å². The van der Waals surface area contributed by atoms with Gasteiger partial charge in [0.2, 0.25) is 0 Å². The molecule has 0 atom stereocenters. The van der Waals surface area contributed by atoms with Gasteiger partial charge in [-0.15, -0.1) is 0 Å². The maximum absolute atomic E-state index is 5.70. The number of benzene rings is 2. The Morgan fingerprint density at radius 2 is 1.71 bits per heavy atom. The van der Waals surface area contributed by atoms with Gasteiger partial charge in [-0.2, -0.15) is 0 Å². The predicted molar refractivity (Wildman–Crippen MR) is 114 cm³/mol. The summed E-state index contributed by atoms with van der Waals surface area (Å²) in [6.07, 6.45) is 1.01. The summed E-state index contributed by atoms with van der Waals surface area (Å²) in [4.78, 5) is 13.9. The Bertz CT molecular complexity index is 918. The molecule has 146 valence electrons. The number of nitrogens with one attached hydrogen (secondary N) is 1. The van der Waals surface area contributed by atoms with E-state index in [1.165, 1.54) is 6.54 Å². The van der Waals surface area contributed by atoms with Crippen molar-refractivity contribution in [2.75, 3.05) is 44.2 Å². The van der Waals surface area contributed by atoms with E-state index in [1.54, 1.807) is 4.90 Å². The van der Waals surface area contributed by atoms with Gasteiger partial charge >= 0.3 is 0 Å². The largest absolute Gasteiger partial charge is 0.494 e. The van der Waals surface area contributed by atoms with E-state index in [0.717, 1.165) is 73.1 Å². The monoisotopic (exact) mass is 377 g/mol. The standard InChI is InChI=1S/C23H28N4O/c1-3-17-28-19-11-9-18(10-12-19)22-24-21-8-6-5-7-20(21)23(25-22)27-15-13-26(4-2)14-16-27/h5-12H,3-4,13-17H2,1-2H3/p+1. The van der Waals surface area contributed by atoms with Crippen molar-refractivity contribution < 1.29 is 9.64 Å². The van der Waals surface area contributed by atoms with Crippen LogP contribution in [0.2, 0.25) is 0 Å². The van der Waals surface area contributed by atoms with Crippen LogP contribution in [0, 0.1) is 0 Å². The van der Waals surface area contributed by atoms with E-state index in [-0.39, 0.29) is 0 Å². The van der Waals surface area contributed by atoms with Crippen LogP contribution in [-0.4, -0.2) is 49.3 Å². The second kappa shape index (κ2) is 8.57. The lowest BCUT2D eigenvalue weighted by molar-refractivity contribution is -0.898. The van der Waals surface area contributed by atoms with E-state index in [9.17, 15) is 0 Å². The lowest BCUT2D eigenvalue weighted by Crippen LogP contribution is -3.14. The first-order valence-electron chi connectivity index (χ1n) is 10.4. The van der Waals surface area contributed by atoms with Crippen LogP contribution in [0.5, 0.6) is 5.75 Å². The number of ether oxygens (including phenoxy) is 1. The van der Waals surface area contributed by atoms with Crippen molar-refractivity contribution in [3.05, 3.63) is 48.5 Å². The molecule has 0 amide bonds. The molecular weight excluding hydrogens is 348 g/mol. The van der Waals surface area contributed by atoms with Gasteiger partial charge in [-0.05, 0) is 49.7 Å². The molecule has 0 radical (unpaired) electrons. The van der Waals surface area contributed by atoms with Gasteiger partial charge in [-0.3, -0.25) is 0 Å². The molecule has 1 aliphatic rings. The van der Waals surface area contributed by atoms with Crippen LogP contribution in [0.4, 0.5) is 5.82 Å². The fourth-order valence-electron chi connectivity index (χ4n) is 3.74. The van der Waals surface area contributed by atoms with Crippen molar-refractivity contribution >= 4 is 16.7 Å². The number of fused-ring (bicyclic) bond motifs is 1. The lowest BCUT2D eigenvalue weighted by atomic mass is 10.1. The summed E-state index contributed by atoms with van der Waals surface area (Å²) in [7, 11) is 0. The Kier molecular flexibility index (Phi) is 5.72. The topological polar surface area (TPSA) is 42.7 Å². The minimum atomic E-state index is 0.738. The zero-order valence-corrected chi connectivity index (χ0v) is 16.8. The van der Waals surface area contributed by atoms with Crippen molar-refractivity contribution in [2.45, 2.75) is 20.3 Å². The summed E-state index contributed by atoms with van der Waals surface area (Å²) in [6.45, 7) is 10.7. The summed E-state index contributed by atoms with van der Waals surface area (Å²) >= 11 is 0. The maximum atomic E-state index is 5.70. The van der Waals surface area contributed by atoms with Crippen molar-refractivity contribution in [3.8, 4) is 17.1 Å². The zero-order valence-electron chi connectivity index (χ0n) is 16.8. The first-order valence-corrected chi connectivity index (χ1v) is 10.4. The normalized spacial score (nSPS) is 15.1. The van der Waals surface area contributed by atoms with E-state index in [0.29, 0.717) is 0 Å². The van der Waals surface area contributed by atoms with Gasteiger partial charge in [0, 0.05) is 10.9 Å². The maximum Gasteiger partial charge on any atom is 0.162 e. The van der Waals surface area contributed by atoms with Crippen molar-refractivity contribution in [2.24, 2.45) is 0 Å². The lowest BCUT2D eigenvalue weighted by Gasteiger charge is -2.33. The number of hydrogen-bond acceptors (Lipinski definition) is 4. The molecular formula is C23H29N4O+. The number of piperazine rings is 1. The SMILES string of the molecule is CCCOc1ccc(-c2nc(N3CC[NH+](CC)CC3)c3ccccc3n2)cc1. The molecule has 0 bridgehead atoms. The number of aromatic nitrogens is 2. The second-order valence-corrected chi connectivity index (χ2v) is 7.35. The second-order valence-electron chi connectivity index (χ2n) is 7.35. The van der Waals surface area contributed by atoms with Crippen molar-refractivity contribution in [3.63, 3.8) is 0 Å². The fraction of sp³-hybridized carbons (Fsp3) is 0.391. The van der Waals surface area contributed by atoms with Crippen LogP contribution in [-0.2, 0) is 0 Å². The molecule has 1 aliphatic heterocycles. The highest BCUT2D eigenvalue weighted by molar-refractivity contribution is 5.91. The molecule has 3 aromatic rings. The predicted octanol–water partition coefficient (Wildman–Crippen LogP) is 2.81. The van der Waals surface area contributed by atoms with Crippen LogP contribution < -0.4 is 14.5 Å². The van der Waals surface area contributed by atoms with Gasteiger partial charge in [0.1, 0.15) is 11.6 Å². The summed E-state index contributed by atoms with van der Waals surface area (Å²) in [5, 5.41) is 1.13. The van der Waals surface area contributed by atoms with Gasteiger partial charge in [0.25, 0.3) is 0 Å². The molecule has 2 heterocycles. The van der Waals surface area contributed by atoms with E-state index >= 15 is 0 Å². The van der Waals surface area contributed by atoms with E-state index in [4.69, 9.17) is 14.7 Å². The third-order valence-electron chi connectivity index (χ3n) is 5.44. The molecule has 28 heavy (non-hydrogen) atoms. The smallest absolute Gasteiger partial charge is 0.162 e. The van der Waals surface area contributed by atoms with Gasteiger partial charge in [0.15, 0.2) is 5.82 Å². The minimum Gasteiger partial charge on any atom is -0.494 e. The van der Waals surface area contributed by atoms with Crippen molar-refractivity contribution in [1.82, 2.24) is 9.97 Å². The number of quaternary nitrogens is 1. The number of nitrogens with zero attached hydrogens (tertiary/aromatic N) is 3. The number of rotatable bonds is 6. The third-order valence-corrected chi connectivity index (χ3v) is 5.44. The van der Waals surface area contributed by atoms with Crippen LogP contribution in [0.25, 0.3) is 22.3 Å². The molecule has 0 unspecified atom stereocenters. The number of anilines is 1.